The number of hydrogen-bond acceptors (Lipinski definition) is 6. The van der Waals surface area contributed by atoms with Crippen LogP contribution in [0.3, 0.4) is 0 Å². The number of aromatic nitrogens is 1. The summed E-state index contributed by atoms with van der Waals surface area (Å²) in [6.07, 6.45) is -4.11. The number of nitrogens with zero attached hydrogens (tertiary/aromatic N) is 1. The zero-order chi connectivity index (χ0) is 27.4. The molecule has 0 bridgehead atoms. The molecule has 3 aromatic rings. The van der Waals surface area contributed by atoms with Gasteiger partial charge < -0.3 is 23.9 Å². The zero-order valence-electron chi connectivity index (χ0n) is 20.2. The van der Waals surface area contributed by atoms with Crippen molar-refractivity contribution in [3.05, 3.63) is 87.3 Å². The molecule has 2 aromatic carbocycles. The lowest BCUT2D eigenvalue weighted by atomic mass is 9.78. The Labute approximate surface area is 216 Å². The average molecular weight is 540 g/mol. The Morgan fingerprint density at radius 2 is 1.68 bits per heavy atom. The molecule has 0 saturated heterocycles. The van der Waals surface area contributed by atoms with Crippen LogP contribution < -0.4 is 15.0 Å². The first-order valence-corrected chi connectivity index (χ1v) is 11.6. The normalized spacial score (nSPS) is 13.9. The van der Waals surface area contributed by atoms with E-state index < -0.39 is 34.8 Å². The largest absolute Gasteiger partial charge is 0.482 e. The Bertz CT molecular complexity index is 1310. The second kappa shape index (κ2) is 11.3. The SMILES string of the molecule is CCOC(=O)COc1ccc(Oc2ccc([C@@H](C)[C@@](O)(c3ccc(=O)n(C)c3)C(F)(F)F)c(Cl)c2)cc1. The van der Waals surface area contributed by atoms with Crippen LogP contribution in [-0.4, -0.2) is 35.0 Å². The number of aryl methyl sites for hydroxylation is 1. The Kier molecular flexibility index (Phi) is 8.55. The summed E-state index contributed by atoms with van der Waals surface area (Å²) < 4.78 is 59.3. The van der Waals surface area contributed by atoms with Crippen LogP contribution >= 0.6 is 11.6 Å². The van der Waals surface area contributed by atoms with Crippen LogP contribution in [0.2, 0.25) is 5.02 Å². The summed E-state index contributed by atoms with van der Waals surface area (Å²) in [7, 11) is 1.30. The summed E-state index contributed by atoms with van der Waals surface area (Å²) >= 11 is 6.33. The van der Waals surface area contributed by atoms with Crippen LogP contribution in [0.25, 0.3) is 0 Å². The standard InChI is InChI=1S/C26H25ClF3NO6/c1-4-35-24(33)15-36-18-6-8-19(9-7-18)37-20-10-11-21(22(27)13-20)16(2)25(34,26(28,29)30)17-5-12-23(32)31(3)14-17/h5-14,16,34H,4,15H2,1-3H3/t16-,25-/m1/s1. The van der Waals surface area contributed by atoms with Crippen molar-refractivity contribution in [3.8, 4) is 17.2 Å². The first-order valence-electron chi connectivity index (χ1n) is 11.2. The van der Waals surface area contributed by atoms with Gasteiger partial charge in [-0.15, -0.1) is 0 Å². The molecule has 0 saturated carbocycles. The van der Waals surface area contributed by atoms with E-state index in [9.17, 15) is 27.9 Å². The second-order valence-corrected chi connectivity index (χ2v) is 8.61. The predicted octanol–water partition coefficient (Wildman–Crippen LogP) is 5.33. The van der Waals surface area contributed by atoms with Gasteiger partial charge in [-0.2, -0.15) is 13.2 Å². The molecule has 0 aliphatic heterocycles. The lowest BCUT2D eigenvalue weighted by Crippen LogP contribution is -2.47. The molecule has 0 unspecified atom stereocenters. The molecule has 1 N–H and O–H groups in total. The highest BCUT2D eigenvalue weighted by atomic mass is 35.5. The summed E-state index contributed by atoms with van der Waals surface area (Å²) in [6.45, 7) is 2.90. The van der Waals surface area contributed by atoms with E-state index in [4.69, 9.17) is 25.8 Å². The van der Waals surface area contributed by atoms with Crippen molar-refractivity contribution < 1.29 is 37.3 Å². The number of carbonyl (C=O) groups excluding carboxylic acids is 1. The van der Waals surface area contributed by atoms with E-state index >= 15 is 0 Å². The van der Waals surface area contributed by atoms with Crippen molar-refractivity contribution in [1.82, 2.24) is 4.57 Å². The molecule has 37 heavy (non-hydrogen) atoms. The van der Waals surface area contributed by atoms with Gasteiger partial charge >= 0.3 is 12.1 Å². The van der Waals surface area contributed by atoms with Crippen LogP contribution in [0.1, 0.15) is 30.9 Å². The second-order valence-electron chi connectivity index (χ2n) is 8.20. The highest BCUT2D eigenvalue weighted by Gasteiger charge is 2.59. The predicted molar refractivity (Wildman–Crippen MR) is 130 cm³/mol. The lowest BCUT2D eigenvalue weighted by molar-refractivity contribution is -0.274. The molecule has 198 valence electrons. The van der Waals surface area contributed by atoms with Crippen LogP contribution in [0.5, 0.6) is 17.2 Å². The third-order valence-electron chi connectivity index (χ3n) is 5.74. The molecule has 0 fully saturated rings. The van der Waals surface area contributed by atoms with Crippen LogP contribution in [-0.2, 0) is 22.2 Å². The monoisotopic (exact) mass is 539 g/mol. The first-order chi connectivity index (χ1) is 17.4. The number of alkyl halides is 3. The minimum atomic E-state index is -5.07. The van der Waals surface area contributed by atoms with Crippen LogP contribution in [0, 0.1) is 0 Å². The summed E-state index contributed by atoms with van der Waals surface area (Å²) in [5.74, 6) is -0.980. The number of halogens is 4. The molecule has 11 heteroatoms. The fourth-order valence-corrected chi connectivity index (χ4v) is 4.05. The van der Waals surface area contributed by atoms with E-state index in [1.54, 1.807) is 31.2 Å². The first kappa shape index (κ1) is 28.1. The third-order valence-corrected chi connectivity index (χ3v) is 6.07. The molecule has 7 nitrogen and oxygen atoms in total. The smallest absolute Gasteiger partial charge is 0.422 e. The molecule has 1 heterocycles. The van der Waals surface area contributed by atoms with Crippen molar-refractivity contribution in [2.75, 3.05) is 13.2 Å². The van der Waals surface area contributed by atoms with Gasteiger partial charge in [0, 0.05) is 35.8 Å². The topological polar surface area (TPSA) is 87.0 Å². The van der Waals surface area contributed by atoms with Gasteiger partial charge in [0.25, 0.3) is 0 Å². The molecular weight excluding hydrogens is 515 g/mol. The van der Waals surface area contributed by atoms with Crippen molar-refractivity contribution in [2.45, 2.75) is 31.5 Å². The molecule has 0 spiro atoms. The van der Waals surface area contributed by atoms with E-state index in [1.807, 2.05) is 0 Å². The van der Waals surface area contributed by atoms with Gasteiger partial charge in [0.2, 0.25) is 5.56 Å². The number of benzene rings is 2. The molecule has 0 radical (unpaired) electrons. The van der Waals surface area contributed by atoms with E-state index in [0.29, 0.717) is 11.5 Å². The number of pyridine rings is 1. The molecular formula is C26H25ClF3NO6. The van der Waals surface area contributed by atoms with Gasteiger partial charge in [-0.05, 0) is 55.0 Å². The third kappa shape index (κ3) is 6.26. The maximum atomic E-state index is 14.2. The molecule has 0 aliphatic rings. The fourth-order valence-electron chi connectivity index (χ4n) is 3.71. The lowest BCUT2D eigenvalue weighted by Gasteiger charge is -2.37. The van der Waals surface area contributed by atoms with Gasteiger partial charge in [0.05, 0.1) is 6.61 Å². The molecule has 0 amide bonds. The molecule has 1 aromatic heterocycles. The number of rotatable bonds is 9. The number of carbonyl (C=O) groups is 1. The van der Waals surface area contributed by atoms with E-state index in [2.05, 4.69) is 0 Å². The van der Waals surface area contributed by atoms with Crippen LogP contribution in [0.15, 0.2) is 65.6 Å². The Hall–Kier alpha value is -3.50. The minimum Gasteiger partial charge on any atom is -0.482 e. The Morgan fingerprint density at radius 3 is 2.24 bits per heavy atom. The maximum Gasteiger partial charge on any atom is 0.422 e. The molecule has 2 atom stereocenters. The summed E-state index contributed by atoms with van der Waals surface area (Å²) in [6, 6.07) is 12.3. The minimum absolute atomic E-state index is 0.0328. The Balaban J connectivity index is 1.81. The van der Waals surface area contributed by atoms with E-state index in [1.165, 1.54) is 32.2 Å². The quantitative estimate of drug-likeness (QED) is 0.370. The number of esters is 1. The molecule has 0 aliphatic carbocycles. The maximum absolute atomic E-state index is 14.2. The average Bonchev–Trinajstić information content (AvgIpc) is 2.84. The molecule has 3 rings (SSSR count). The van der Waals surface area contributed by atoms with E-state index in [-0.39, 0.29) is 29.5 Å². The summed E-state index contributed by atoms with van der Waals surface area (Å²) in [4.78, 5) is 23.1. The van der Waals surface area contributed by atoms with Gasteiger partial charge in [-0.3, -0.25) is 4.79 Å². The zero-order valence-corrected chi connectivity index (χ0v) is 21.0. The van der Waals surface area contributed by atoms with Gasteiger partial charge in [-0.25, -0.2) is 4.79 Å². The van der Waals surface area contributed by atoms with Crippen molar-refractivity contribution in [1.29, 1.82) is 0 Å². The highest BCUT2D eigenvalue weighted by Crippen LogP contribution is 2.49. The van der Waals surface area contributed by atoms with Gasteiger partial charge in [0.1, 0.15) is 17.2 Å². The van der Waals surface area contributed by atoms with Crippen molar-refractivity contribution in [3.63, 3.8) is 0 Å². The van der Waals surface area contributed by atoms with Crippen molar-refractivity contribution in [2.24, 2.45) is 7.05 Å². The fraction of sp³-hybridized carbons (Fsp3) is 0.308. The van der Waals surface area contributed by atoms with Crippen molar-refractivity contribution >= 4 is 17.6 Å². The number of aliphatic hydroxyl groups is 1. The summed E-state index contributed by atoms with van der Waals surface area (Å²) in [5, 5.41) is 10.9. The Morgan fingerprint density at radius 1 is 1.05 bits per heavy atom. The van der Waals surface area contributed by atoms with Crippen LogP contribution in [0.4, 0.5) is 13.2 Å². The van der Waals surface area contributed by atoms with E-state index in [0.717, 1.165) is 22.9 Å². The van der Waals surface area contributed by atoms with Gasteiger partial charge in [0.15, 0.2) is 12.2 Å². The number of hydrogen-bond donors (Lipinski definition) is 1. The highest BCUT2D eigenvalue weighted by molar-refractivity contribution is 6.31. The van der Waals surface area contributed by atoms with Gasteiger partial charge in [-0.1, -0.05) is 24.6 Å². The number of ether oxygens (including phenoxy) is 3. The summed E-state index contributed by atoms with van der Waals surface area (Å²) in [5.41, 5.74) is -4.29.